The van der Waals surface area contributed by atoms with Gasteiger partial charge >= 0.3 is 5.97 Å². The number of hydrogen-bond acceptors (Lipinski definition) is 3. The van der Waals surface area contributed by atoms with Gasteiger partial charge in [0.05, 0.1) is 5.56 Å². The number of aliphatic hydroxyl groups is 1. The van der Waals surface area contributed by atoms with Crippen LogP contribution in [0.1, 0.15) is 27.9 Å². The highest BCUT2D eigenvalue weighted by molar-refractivity contribution is 6.30. The monoisotopic (exact) mass is 346 g/mol. The second-order valence-electron chi connectivity index (χ2n) is 5.80. The number of carbonyl (C=O) groups excluding carboxylic acids is 1. The predicted octanol–water partition coefficient (Wildman–Crippen LogP) is 3.39. The van der Waals surface area contributed by atoms with Gasteiger partial charge in [0.1, 0.15) is 5.78 Å². The Balaban J connectivity index is 1.92. The van der Waals surface area contributed by atoms with Crippen molar-refractivity contribution in [3.63, 3.8) is 0 Å². The van der Waals surface area contributed by atoms with Gasteiger partial charge in [-0.25, -0.2) is 4.79 Å². The van der Waals surface area contributed by atoms with E-state index in [1.54, 1.807) is 24.3 Å². The lowest BCUT2D eigenvalue weighted by Gasteiger charge is -2.13. The van der Waals surface area contributed by atoms with Crippen LogP contribution < -0.4 is 0 Å². The third kappa shape index (κ3) is 5.48. The molecule has 2 aromatic rings. The first-order valence-corrected chi connectivity index (χ1v) is 8.05. The summed E-state index contributed by atoms with van der Waals surface area (Å²) in [5.74, 6) is -1.10. The van der Waals surface area contributed by atoms with E-state index in [1.165, 1.54) is 12.1 Å². The Kier molecular flexibility index (Phi) is 6.53. The van der Waals surface area contributed by atoms with Crippen molar-refractivity contribution in [3.05, 3.63) is 70.2 Å². The second-order valence-corrected chi connectivity index (χ2v) is 6.24. The van der Waals surface area contributed by atoms with E-state index in [-0.39, 0.29) is 30.3 Å². The van der Waals surface area contributed by atoms with Crippen LogP contribution in [0.5, 0.6) is 0 Å². The summed E-state index contributed by atoms with van der Waals surface area (Å²) in [4.78, 5) is 23.0. The standard InChI is InChI=1S/C19H19ClO4/c20-17-7-3-14(4-8-17)10-18(22)11-15(12-21)9-13-1-5-16(6-2-13)19(23)24/h1-8,15,21H,9-12H2,(H,23,24). The van der Waals surface area contributed by atoms with Gasteiger partial charge in [-0.05, 0) is 47.7 Å². The minimum atomic E-state index is -0.974. The highest BCUT2D eigenvalue weighted by Crippen LogP contribution is 2.16. The van der Waals surface area contributed by atoms with Crippen LogP contribution in [0, 0.1) is 5.92 Å². The van der Waals surface area contributed by atoms with Gasteiger partial charge < -0.3 is 10.2 Å². The predicted molar refractivity (Wildman–Crippen MR) is 92.5 cm³/mol. The number of hydrogen-bond donors (Lipinski definition) is 2. The van der Waals surface area contributed by atoms with Gasteiger partial charge in [-0.15, -0.1) is 0 Å². The maximum atomic E-state index is 12.2. The molecule has 0 spiro atoms. The van der Waals surface area contributed by atoms with E-state index in [9.17, 15) is 14.7 Å². The second kappa shape index (κ2) is 8.62. The summed E-state index contributed by atoms with van der Waals surface area (Å²) in [6.07, 6.45) is 1.12. The Hall–Kier alpha value is -2.17. The molecule has 0 saturated heterocycles. The summed E-state index contributed by atoms with van der Waals surface area (Å²) in [6, 6.07) is 13.6. The van der Waals surface area contributed by atoms with Crippen LogP contribution in [0.2, 0.25) is 5.02 Å². The molecule has 0 aliphatic heterocycles. The third-order valence-corrected chi connectivity index (χ3v) is 4.07. The minimum absolute atomic E-state index is 0.0542. The number of aliphatic hydroxyl groups excluding tert-OH is 1. The highest BCUT2D eigenvalue weighted by Gasteiger charge is 2.15. The van der Waals surface area contributed by atoms with E-state index in [2.05, 4.69) is 0 Å². The van der Waals surface area contributed by atoms with Gasteiger partial charge in [0.15, 0.2) is 0 Å². The van der Waals surface area contributed by atoms with Crippen LogP contribution in [0.3, 0.4) is 0 Å². The number of carboxylic acid groups (broad SMARTS) is 1. The van der Waals surface area contributed by atoms with E-state index in [1.807, 2.05) is 12.1 Å². The maximum absolute atomic E-state index is 12.2. The van der Waals surface area contributed by atoms with Gasteiger partial charge in [-0.1, -0.05) is 35.9 Å². The van der Waals surface area contributed by atoms with E-state index in [4.69, 9.17) is 16.7 Å². The van der Waals surface area contributed by atoms with Crippen molar-refractivity contribution >= 4 is 23.4 Å². The molecule has 2 N–H and O–H groups in total. The zero-order valence-corrected chi connectivity index (χ0v) is 13.9. The molecular weight excluding hydrogens is 328 g/mol. The number of carboxylic acids is 1. The zero-order valence-electron chi connectivity index (χ0n) is 13.1. The molecule has 1 atom stereocenters. The number of Topliss-reactive ketones (excluding diaryl/α,β-unsaturated/α-hetero) is 1. The van der Waals surface area contributed by atoms with E-state index < -0.39 is 5.97 Å². The summed E-state index contributed by atoms with van der Waals surface area (Å²) in [7, 11) is 0. The molecule has 0 aliphatic rings. The van der Waals surface area contributed by atoms with E-state index in [0.29, 0.717) is 17.9 Å². The summed E-state index contributed by atoms with van der Waals surface area (Å²) in [6.45, 7) is -0.0902. The Morgan fingerprint density at radius 2 is 1.54 bits per heavy atom. The van der Waals surface area contributed by atoms with Gasteiger partial charge in [0.25, 0.3) is 0 Å². The molecule has 0 heterocycles. The molecular formula is C19H19ClO4. The number of aromatic carboxylic acids is 1. The van der Waals surface area contributed by atoms with Crippen LogP contribution in [0.4, 0.5) is 0 Å². The molecule has 2 rings (SSSR count). The molecule has 0 fully saturated rings. The zero-order chi connectivity index (χ0) is 17.5. The number of carbonyl (C=O) groups is 2. The Labute approximate surface area is 145 Å². The van der Waals surface area contributed by atoms with Crippen LogP contribution in [-0.4, -0.2) is 28.6 Å². The van der Waals surface area contributed by atoms with Gasteiger partial charge in [-0.3, -0.25) is 4.79 Å². The van der Waals surface area contributed by atoms with Crippen LogP contribution >= 0.6 is 11.6 Å². The van der Waals surface area contributed by atoms with Crippen molar-refractivity contribution in [1.82, 2.24) is 0 Å². The van der Waals surface area contributed by atoms with Crippen LogP contribution in [-0.2, 0) is 17.6 Å². The number of halogens is 1. The van der Waals surface area contributed by atoms with Crippen molar-refractivity contribution in [2.45, 2.75) is 19.3 Å². The Bertz CT molecular complexity index is 692. The molecule has 5 heteroatoms. The average molecular weight is 347 g/mol. The number of ketones is 1. The van der Waals surface area contributed by atoms with Gasteiger partial charge in [0.2, 0.25) is 0 Å². The Morgan fingerprint density at radius 3 is 2.08 bits per heavy atom. The molecule has 126 valence electrons. The van der Waals surface area contributed by atoms with Gasteiger partial charge in [-0.2, -0.15) is 0 Å². The fourth-order valence-electron chi connectivity index (χ4n) is 2.54. The molecule has 0 saturated carbocycles. The van der Waals surface area contributed by atoms with Crippen molar-refractivity contribution in [3.8, 4) is 0 Å². The molecule has 0 aromatic heterocycles. The molecule has 0 amide bonds. The van der Waals surface area contributed by atoms with Gasteiger partial charge in [0, 0.05) is 24.5 Å². The molecule has 1 unspecified atom stereocenters. The smallest absolute Gasteiger partial charge is 0.335 e. The SMILES string of the molecule is O=C(Cc1ccc(Cl)cc1)CC(CO)Cc1ccc(C(=O)O)cc1. The van der Waals surface area contributed by atoms with Crippen LogP contribution in [0.25, 0.3) is 0 Å². The van der Waals surface area contributed by atoms with E-state index >= 15 is 0 Å². The summed E-state index contributed by atoms with van der Waals surface area (Å²) in [5.41, 5.74) is 2.02. The molecule has 24 heavy (non-hydrogen) atoms. The largest absolute Gasteiger partial charge is 0.478 e. The fourth-order valence-corrected chi connectivity index (χ4v) is 2.67. The van der Waals surface area contributed by atoms with Crippen LogP contribution in [0.15, 0.2) is 48.5 Å². The topological polar surface area (TPSA) is 74.6 Å². The first kappa shape index (κ1) is 18.2. The number of rotatable bonds is 8. The average Bonchev–Trinajstić information content (AvgIpc) is 2.56. The molecule has 0 bridgehead atoms. The van der Waals surface area contributed by atoms with Crippen molar-refractivity contribution in [1.29, 1.82) is 0 Å². The first-order valence-electron chi connectivity index (χ1n) is 7.67. The lowest BCUT2D eigenvalue weighted by Crippen LogP contribution is -2.16. The summed E-state index contributed by atoms with van der Waals surface area (Å²) >= 11 is 5.82. The summed E-state index contributed by atoms with van der Waals surface area (Å²) in [5, 5.41) is 19.0. The lowest BCUT2D eigenvalue weighted by molar-refractivity contribution is -0.119. The molecule has 0 radical (unpaired) electrons. The van der Waals surface area contributed by atoms with Crippen molar-refractivity contribution < 1.29 is 19.8 Å². The van der Waals surface area contributed by atoms with Crippen molar-refractivity contribution in [2.24, 2.45) is 5.92 Å². The third-order valence-electron chi connectivity index (χ3n) is 3.81. The first-order chi connectivity index (χ1) is 11.5. The molecule has 4 nitrogen and oxygen atoms in total. The lowest BCUT2D eigenvalue weighted by atomic mass is 9.92. The highest BCUT2D eigenvalue weighted by atomic mass is 35.5. The molecule has 2 aromatic carbocycles. The number of benzene rings is 2. The Morgan fingerprint density at radius 1 is 0.958 bits per heavy atom. The quantitative estimate of drug-likeness (QED) is 0.768. The van der Waals surface area contributed by atoms with Crippen molar-refractivity contribution in [2.75, 3.05) is 6.61 Å². The minimum Gasteiger partial charge on any atom is -0.478 e. The summed E-state index contributed by atoms with van der Waals surface area (Å²) < 4.78 is 0. The normalized spacial score (nSPS) is 11.9. The fraction of sp³-hybridized carbons (Fsp3) is 0.263. The maximum Gasteiger partial charge on any atom is 0.335 e. The molecule has 0 aliphatic carbocycles. The van der Waals surface area contributed by atoms with E-state index in [0.717, 1.165) is 11.1 Å².